The number of hydrogen-bond acceptors (Lipinski definition) is 2. The highest BCUT2D eigenvalue weighted by Crippen LogP contribution is 2.25. The van der Waals surface area contributed by atoms with E-state index in [4.69, 9.17) is 0 Å². The summed E-state index contributed by atoms with van der Waals surface area (Å²) in [5.74, 6) is -0.417. The van der Waals surface area contributed by atoms with Crippen LogP contribution in [0.1, 0.15) is 18.5 Å². The lowest BCUT2D eigenvalue weighted by molar-refractivity contribution is 0.208. The van der Waals surface area contributed by atoms with E-state index in [2.05, 4.69) is 10.3 Å². The molecule has 0 aliphatic heterocycles. The summed E-state index contributed by atoms with van der Waals surface area (Å²) in [5.41, 5.74) is 1.04. The Morgan fingerprint density at radius 1 is 1.16 bits per heavy atom. The Hall–Kier alpha value is -3.15. The third-order valence-corrected chi connectivity index (χ3v) is 4.27. The smallest absolute Gasteiger partial charge is 0.322 e. The van der Waals surface area contributed by atoms with Crippen molar-refractivity contribution in [2.75, 3.05) is 12.4 Å². The highest BCUT2D eigenvalue weighted by atomic mass is 19.1. The Morgan fingerprint density at radius 2 is 1.88 bits per heavy atom. The molecule has 1 atom stereocenters. The molecule has 2 amide bonds. The van der Waals surface area contributed by atoms with Gasteiger partial charge in [-0.15, -0.1) is 0 Å². The molecule has 0 bridgehead atoms. The fourth-order valence-electron chi connectivity index (χ4n) is 2.74. The molecule has 128 valence electrons. The number of carbonyl (C=O) groups excluding carboxylic acids is 1. The van der Waals surface area contributed by atoms with Gasteiger partial charge < -0.3 is 15.2 Å². The van der Waals surface area contributed by atoms with Crippen molar-refractivity contribution in [3.63, 3.8) is 0 Å². The van der Waals surface area contributed by atoms with E-state index in [1.54, 1.807) is 31.4 Å². The highest BCUT2D eigenvalue weighted by Gasteiger charge is 2.20. The van der Waals surface area contributed by atoms with Crippen molar-refractivity contribution in [2.45, 2.75) is 13.0 Å². The van der Waals surface area contributed by atoms with Gasteiger partial charge in [-0.3, -0.25) is 4.79 Å². The minimum atomic E-state index is -0.417. The van der Waals surface area contributed by atoms with Crippen molar-refractivity contribution in [3.8, 4) is 0 Å². The summed E-state index contributed by atoms with van der Waals surface area (Å²) < 4.78 is 13.3. The second-order valence-electron chi connectivity index (χ2n) is 5.85. The zero-order chi connectivity index (χ0) is 18.0. The summed E-state index contributed by atoms with van der Waals surface area (Å²) in [7, 11) is 1.65. The van der Waals surface area contributed by atoms with Crippen molar-refractivity contribution in [1.29, 1.82) is 0 Å². The maximum absolute atomic E-state index is 13.3. The zero-order valence-electron chi connectivity index (χ0n) is 13.9. The van der Waals surface area contributed by atoms with Gasteiger partial charge in [-0.25, -0.2) is 9.18 Å². The predicted octanol–water partition coefficient (Wildman–Crippen LogP) is 3.89. The lowest BCUT2D eigenvalue weighted by Gasteiger charge is -2.26. The monoisotopic (exact) mass is 339 g/mol. The van der Waals surface area contributed by atoms with Crippen molar-refractivity contribution < 1.29 is 9.18 Å². The van der Waals surface area contributed by atoms with Crippen LogP contribution in [0.3, 0.4) is 0 Å². The van der Waals surface area contributed by atoms with Crippen molar-refractivity contribution in [2.24, 2.45) is 0 Å². The number of aromatic amines is 1. The van der Waals surface area contributed by atoms with Gasteiger partial charge in [-0.1, -0.05) is 24.3 Å². The van der Waals surface area contributed by atoms with Crippen LogP contribution in [0.2, 0.25) is 0 Å². The molecule has 1 heterocycles. The second kappa shape index (κ2) is 6.76. The van der Waals surface area contributed by atoms with Gasteiger partial charge in [-0.2, -0.15) is 0 Å². The zero-order valence-corrected chi connectivity index (χ0v) is 13.9. The number of urea groups is 1. The van der Waals surface area contributed by atoms with Crippen LogP contribution in [0, 0.1) is 5.82 Å². The topological polar surface area (TPSA) is 65.2 Å². The molecular formula is C19H18FN3O2. The fraction of sp³-hybridized carbons (Fsp3) is 0.158. The molecule has 1 aromatic heterocycles. The molecule has 0 fully saturated rings. The molecule has 2 aromatic carbocycles. The van der Waals surface area contributed by atoms with Crippen molar-refractivity contribution in [3.05, 3.63) is 76.5 Å². The number of halogens is 1. The SMILES string of the molecule is C[C@@H](c1c[nH]c(=O)c2ccccc12)N(C)C(=O)Nc1cccc(F)c1. The number of aromatic nitrogens is 1. The van der Waals surface area contributed by atoms with Gasteiger partial charge in [-0.05, 0) is 42.1 Å². The van der Waals surface area contributed by atoms with E-state index in [1.807, 2.05) is 19.1 Å². The highest BCUT2D eigenvalue weighted by molar-refractivity contribution is 5.90. The van der Waals surface area contributed by atoms with Crippen LogP contribution in [0.15, 0.2) is 59.5 Å². The van der Waals surface area contributed by atoms with Gasteiger partial charge in [0.2, 0.25) is 0 Å². The van der Waals surface area contributed by atoms with E-state index in [1.165, 1.54) is 23.1 Å². The minimum Gasteiger partial charge on any atom is -0.328 e. The number of hydrogen-bond donors (Lipinski definition) is 2. The third kappa shape index (κ3) is 3.38. The van der Waals surface area contributed by atoms with Crippen LogP contribution in [-0.4, -0.2) is 23.0 Å². The number of amides is 2. The number of fused-ring (bicyclic) bond motifs is 1. The molecule has 3 aromatic rings. The summed E-state index contributed by atoms with van der Waals surface area (Å²) in [6.07, 6.45) is 1.63. The number of rotatable bonds is 3. The maximum atomic E-state index is 13.3. The first-order valence-corrected chi connectivity index (χ1v) is 7.87. The quantitative estimate of drug-likeness (QED) is 0.760. The average molecular weight is 339 g/mol. The Labute approximate surface area is 144 Å². The molecule has 0 radical (unpaired) electrons. The summed E-state index contributed by atoms with van der Waals surface area (Å²) in [4.78, 5) is 28.6. The van der Waals surface area contributed by atoms with Gasteiger partial charge in [0.1, 0.15) is 5.82 Å². The summed E-state index contributed by atoms with van der Waals surface area (Å²) >= 11 is 0. The molecule has 2 N–H and O–H groups in total. The van der Waals surface area contributed by atoms with Gasteiger partial charge in [0, 0.05) is 24.3 Å². The third-order valence-electron chi connectivity index (χ3n) is 4.27. The number of anilines is 1. The Bertz CT molecular complexity index is 984. The van der Waals surface area contributed by atoms with Crippen LogP contribution in [0.5, 0.6) is 0 Å². The summed E-state index contributed by atoms with van der Waals surface area (Å²) in [5, 5.41) is 4.04. The number of H-pyrrole nitrogens is 1. The first-order chi connectivity index (χ1) is 12.0. The van der Waals surface area contributed by atoms with E-state index in [0.29, 0.717) is 11.1 Å². The molecule has 0 saturated carbocycles. The van der Waals surface area contributed by atoms with Crippen LogP contribution >= 0.6 is 0 Å². The van der Waals surface area contributed by atoms with E-state index in [0.717, 1.165) is 10.9 Å². The molecule has 0 aliphatic carbocycles. The van der Waals surface area contributed by atoms with Crippen LogP contribution < -0.4 is 10.9 Å². The largest absolute Gasteiger partial charge is 0.328 e. The van der Waals surface area contributed by atoms with Crippen LogP contribution in [-0.2, 0) is 0 Å². The minimum absolute atomic E-state index is 0.168. The standard InChI is InChI=1S/C19H18FN3O2/c1-12(17-11-21-18(24)16-9-4-3-8-15(16)17)23(2)19(25)22-14-7-5-6-13(20)10-14/h3-12H,1-2H3,(H,21,24)(H,22,25)/t12-/m0/s1. The number of pyridine rings is 1. The first-order valence-electron chi connectivity index (χ1n) is 7.87. The van der Waals surface area contributed by atoms with Gasteiger partial charge >= 0.3 is 6.03 Å². The maximum Gasteiger partial charge on any atom is 0.322 e. The molecule has 0 spiro atoms. The molecule has 0 saturated heterocycles. The van der Waals surface area contributed by atoms with E-state index >= 15 is 0 Å². The van der Waals surface area contributed by atoms with E-state index < -0.39 is 5.82 Å². The number of nitrogens with zero attached hydrogens (tertiary/aromatic N) is 1. The Kier molecular flexibility index (Phi) is 4.52. The van der Waals surface area contributed by atoms with Crippen LogP contribution in [0.4, 0.5) is 14.9 Å². The van der Waals surface area contributed by atoms with Gasteiger partial charge in [0.05, 0.1) is 6.04 Å². The summed E-state index contributed by atoms with van der Waals surface area (Å²) in [6.45, 7) is 1.87. The summed E-state index contributed by atoms with van der Waals surface area (Å²) in [6, 6.07) is 12.3. The van der Waals surface area contributed by atoms with Crippen LogP contribution in [0.25, 0.3) is 10.8 Å². The average Bonchev–Trinajstić information content (AvgIpc) is 2.61. The van der Waals surface area contributed by atoms with Gasteiger partial charge in [0.25, 0.3) is 5.56 Å². The molecule has 6 heteroatoms. The molecule has 5 nitrogen and oxygen atoms in total. The fourth-order valence-corrected chi connectivity index (χ4v) is 2.74. The number of benzene rings is 2. The molecular weight excluding hydrogens is 321 g/mol. The van der Waals surface area contributed by atoms with Gasteiger partial charge in [0.15, 0.2) is 0 Å². The number of nitrogens with one attached hydrogen (secondary N) is 2. The number of carbonyl (C=O) groups is 1. The van der Waals surface area contributed by atoms with Crippen molar-refractivity contribution in [1.82, 2.24) is 9.88 Å². The second-order valence-corrected chi connectivity index (χ2v) is 5.85. The van der Waals surface area contributed by atoms with E-state index in [-0.39, 0.29) is 17.6 Å². The van der Waals surface area contributed by atoms with Crippen molar-refractivity contribution >= 4 is 22.5 Å². The molecule has 3 rings (SSSR count). The molecule has 0 aliphatic rings. The normalized spacial score (nSPS) is 12.0. The first kappa shape index (κ1) is 16.7. The lowest BCUT2D eigenvalue weighted by Crippen LogP contribution is -2.34. The van der Waals surface area contributed by atoms with E-state index in [9.17, 15) is 14.0 Å². The molecule has 25 heavy (non-hydrogen) atoms. The Balaban J connectivity index is 1.87. The lowest BCUT2D eigenvalue weighted by atomic mass is 10.0. The molecule has 0 unspecified atom stereocenters. The predicted molar refractivity (Wildman–Crippen MR) is 96.2 cm³/mol. The Morgan fingerprint density at radius 3 is 2.60 bits per heavy atom.